The van der Waals surface area contributed by atoms with Gasteiger partial charge in [0.25, 0.3) is 5.91 Å². The normalized spacial score (nSPS) is 11.4. The van der Waals surface area contributed by atoms with E-state index in [1.165, 1.54) is 12.1 Å². The zero-order valence-electron chi connectivity index (χ0n) is 9.88. The van der Waals surface area contributed by atoms with E-state index in [1.807, 2.05) is 6.92 Å². The van der Waals surface area contributed by atoms with E-state index in [-0.39, 0.29) is 10.7 Å². The van der Waals surface area contributed by atoms with Gasteiger partial charge >= 0.3 is 6.18 Å². The molecule has 0 saturated heterocycles. The Kier molecular flexibility index (Phi) is 4.56. The molecule has 1 rings (SSSR count). The third kappa shape index (κ3) is 4.18. The summed E-state index contributed by atoms with van der Waals surface area (Å²) in [5, 5.41) is 0.0955. The molecule has 0 bridgehead atoms. The number of aromatic nitrogens is 1. The molecule has 0 unspecified atom stereocenters. The van der Waals surface area contributed by atoms with Gasteiger partial charge < -0.3 is 4.90 Å². The number of halogens is 4. The summed E-state index contributed by atoms with van der Waals surface area (Å²) in [5.74, 6) is -0.730. The Bertz CT molecular complexity index is 448. The van der Waals surface area contributed by atoms with Crippen LogP contribution in [0, 0.1) is 0 Å². The van der Waals surface area contributed by atoms with Gasteiger partial charge in [-0.05, 0) is 18.6 Å². The molecular weight excluding hydrogens is 269 g/mol. The first-order valence-corrected chi connectivity index (χ1v) is 5.59. The number of carbonyl (C=O) groups excluding carboxylic acids is 1. The number of amides is 1. The molecular formula is C11H12ClF3N2O. The molecule has 7 heteroatoms. The Morgan fingerprint density at radius 2 is 2.06 bits per heavy atom. The summed E-state index contributed by atoms with van der Waals surface area (Å²) in [6.07, 6.45) is -3.88. The maximum absolute atomic E-state index is 12.2. The van der Waals surface area contributed by atoms with Gasteiger partial charge in [-0.3, -0.25) is 4.79 Å². The lowest BCUT2D eigenvalue weighted by Gasteiger charge is -2.19. The molecule has 1 amide bonds. The quantitative estimate of drug-likeness (QED) is 0.798. The number of hydrogen-bond donors (Lipinski definition) is 0. The Morgan fingerprint density at radius 3 is 2.56 bits per heavy atom. The zero-order chi connectivity index (χ0) is 13.9. The molecule has 0 aliphatic heterocycles. The molecule has 0 aromatic carbocycles. The zero-order valence-corrected chi connectivity index (χ0v) is 10.6. The van der Waals surface area contributed by atoms with Gasteiger partial charge in [-0.15, -0.1) is 0 Å². The lowest BCUT2D eigenvalue weighted by atomic mass is 10.2. The fraction of sp³-hybridized carbons (Fsp3) is 0.455. The van der Waals surface area contributed by atoms with E-state index in [4.69, 9.17) is 11.6 Å². The van der Waals surface area contributed by atoms with Crippen LogP contribution >= 0.6 is 11.6 Å². The number of nitrogens with zero attached hydrogens (tertiary/aromatic N) is 2. The number of aryl methyl sites for hydroxylation is 1. The molecule has 0 atom stereocenters. The summed E-state index contributed by atoms with van der Waals surface area (Å²) in [6, 6.07) is 2.71. The van der Waals surface area contributed by atoms with E-state index in [0.29, 0.717) is 17.0 Å². The highest BCUT2D eigenvalue weighted by Crippen LogP contribution is 2.18. The monoisotopic (exact) mass is 280 g/mol. The molecule has 0 fully saturated rings. The smallest absolute Gasteiger partial charge is 0.333 e. The van der Waals surface area contributed by atoms with Crippen molar-refractivity contribution in [3.05, 3.63) is 28.5 Å². The van der Waals surface area contributed by atoms with Crippen molar-refractivity contribution in [1.82, 2.24) is 9.88 Å². The van der Waals surface area contributed by atoms with Crippen LogP contribution in [-0.4, -0.2) is 35.6 Å². The van der Waals surface area contributed by atoms with Crippen LogP contribution in [-0.2, 0) is 6.42 Å². The SMILES string of the molecule is CCc1cc(C(=O)N(C)CC(F)(F)F)cc(Cl)n1. The molecule has 0 aliphatic rings. The standard InChI is InChI=1S/C11H12ClF3N2O/c1-3-8-4-7(5-9(12)16-8)10(18)17(2)6-11(13,14)15/h4-5H,3,6H2,1-2H3. The van der Waals surface area contributed by atoms with Crippen molar-refractivity contribution >= 4 is 17.5 Å². The van der Waals surface area contributed by atoms with Crippen molar-refractivity contribution in [2.24, 2.45) is 0 Å². The number of carbonyl (C=O) groups is 1. The highest BCUT2D eigenvalue weighted by atomic mass is 35.5. The molecule has 1 aromatic heterocycles. The lowest BCUT2D eigenvalue weighted by Crippen LogP contribution is -2.35. The number of pyridine rings is 1. The summed E-state index contributed by atoms with van der Waals surface area (Å²) < 4.78 is 36.5. The minimum atomic E-state index is -4.42. The average molecular weight is 281 g/mol. The first-order valence-electron chi connectivity index (χ1n) is 5.21. The highest BCUT2D eigenvalue weighted by molar-refractivity contribution is 6.29. The molecule has 0 aliphatic carbocycles. The third-order valence-corrected chi connectivity index (χ3v) is 2.41. The van der Waals surface area contributed by atoms with Gasteiger partial charge in [0.05, 0.1) is 0 Å². The lowest BCUT2D eigenvalue weighted by molar-refractivity contribution is -0.138. The molecule has 1 heterocycles. The molecule has 0 saturated carbocycles. The van der Waals surface area contributed by atoms with E-state index in [2.05, 4.69) is 4.98 Å². The Hall–Kier alpha value is -1.30. The third-order valence-electron chi connectivity index (χ3n) is 2.22. The minimum absolute atomic E-state index is 0.0955. The van der Waals surface area contributed by atoms with Gasteiger partial charge in [0.2, 0.25) is 0 Å². The topological polar surface area (TPSA) is 33.2 Å². The minimum Gasteiger partial charge on any atom is -0.333 e. The number of alkyl halides is 3. The molecule has 1 aromatic rings. The summed E-state index contributed by atoms with van der Waals surface area (Å²) in [6.45, 7) is 0.513. The van der Waals surface area contributed by atoms with Crippen LogP contribution in [0.15, 0.2) is 12.1 Å². The second kappa shape index (κ2) is 5.56. The van der Waals surface area contributed by atoms with Crippen molar-refractivity contribution < 1.29 is 18.0 Å². The van der Waals surface area contributed by atoms with E-state index in [9.17, 15) is 18.0 Å². The number of rotatable bonds is 3. The summed E-state index contributed by atoms with van der Waals surface area (Å²) in [5.41, 5.74) is 0.671. The van der Waals surface area contributed by atoms with Crippen molar-refractivity contribution in [2.45, 2.75) is 19.5 Å². The molecule has 0 radical (unpaired) electrons. The van der Waals surface area contributed by atoms with Crippen LogP contribution in [0.1, 0.15) is 23.0 Å². The van der Waals surface area contributed by atoms with Crippen LogP contribution in [0.4, 0.5) is 13.2 Å². The van der Waals surface area contributed by atoms with Gasteiger partial charge in [0.1, 0.15) is 11.7 Å². The Balaban J connectivity index is 2.93. The van der Waals surface area contributed by atoms with Crippen LogP contribution in [0.3, 0.4) is 0 Å². The van der Waals surface area contributed by atoms with Crippen LogP contribution in [0.2, 0.25) is 5.15 Å². The van der Waals surface area contributed by atoms with Gasteiger partial charge in [0.15, 0.2) is 0 Å². The van der Waals surface area contributed by atoms with Crippen molar-refractivity contribution in [2.75, 3.05) is 13.6 Å². The van der Waals surface area contributed by atoms with Crippen molar-refractivity contribution in [3.63, 3.8) is 0 Å². The average Bonchev–Trinajstić information content (AvgIpc) is 2.24. The van der Waals surface area contributed by atoms with E-state index < -0.39 is 18.6 Å². The van der Waals surface area contributed by atoms with Crippen molar-refractivity contribution in [3.8, 4) is 0 Å². The predicted octanol–water partition coefficient (Wildman–Crippen LogP) is 2.93. The first kappa shape index (κ1) is 14.8. The van der Waals surface area contributed by atoms with Gasteiger partial charge in [-0.1, -0.05) is 18.5 Å². The summed E-state index contributed by atoms with van der Waals surface area (Å²) in [4.78, 5) is 16.3. The van der Waals surface area contributed by atoms with Crippen LogP contribution in [0.25, 0.3) is 0 Å². The van der Waals surface area contributed by atoms with E-state index in [1.54, 1.807) is 0 Å². The summed E-state index contributed by atoms with van der Waals surface area (Å²) in [7, 11) is 1.09. The largest absolute Gasteiger partial charge is 0.406 e. The van der Waals surface area contributed by atoms with Gasteiger partial charge in [0, 0.05) is 18.3 Å². The van der Waals surface area contributed by atoms with Gasteiger partial charge in [-0.2, -0.15) is 13.2 Å². The second-order valence-corrected chi connectivity index (χ2v) is 4.19. The van der Waals surface area contributed by atoms with Crippen molar-refractivity contribution in [1.29, 1.82) is 0 Å². The molecule has 3 nitrogen and oxygen atoms in total. The Labute approximate surface area is 108 Å². The highest BCUT2D eigenvalue weighted by Gasteiger charge is 2.31. The molecule has 0 spiro atoms. The second-order valence-electron chi connectivity index (χ2n) is 3.80. The van der Waals surface area contributed by atoms with Crippen LogP contribution in [0.5, 0.6) is 0 Å². The predicted molar refractivity (Wildman–Crippen MR) is 61.6 cm³/mol. The molecule has 100 valence electrons. The number of hydrogen-bond acceptors (Lipinski definition) is 2. The van der Waals surface area contributed by atoms with E-state index in [0.717, 1.165) is 7.05 Å². The Morgan fingerprint density at radius 1 is 1.44 bits per heavy atom. The summed E-state index contributed by atoms with van der Waals surface area (Å²) >= 11 is 5.71. The maximum atomic E-state index is 12.2. The van der Waals surface area contributed by atoms with Crippen LogP contribution < -0.4 is 0 Å². The molecule has 0 N–H and O–H groups in total. The van der Waals surface area contributed by atoms with Gasteiger partial charge in [-0.25, -0.2) is 4.98 Å². The first-order chi connectivity index (χ1) is 8.23. The fourth-order valence-electron chi connectivity index (χ4n) is 1.42. The molecule has 18 heavy (non-hydrogen) atoms. The van der Waals surface area contributed by atoms with E-state index >= 15 is 0 Å². The maximum Gasteiger partial charge on any atom is 0.406 e. The fourth-order valence-corrected chi connectivity index (χ4v) is 1.64.